The Hall–Kier alpha value is -0.970. The Labute approximate surface area is 144 Å². The van der Waals surface area contributed by atoms with Crippen molar-refractivity contribution in [1.82, 2.24) is 0 Å². The highest BCUT2D eigenvalue weighted by molar-refractivity contribution is 5.16. The minimum Gasteiger partial charge on any atom is -0.385 e. The van der Waals surface area contributed by atoms with Crippen LogP contribution in [0.4, 0.5) is 4.39 Å². The third kappa shape index (κ3) is 3.12. The largest absolute Gasteiger partial charge is 0.385 e. The zero-order valence-corrected chi connectivity index (χ0v) is 15.1. The van der Waals surface area contributed by atoms with Crippen LogP contribution in [0.25, 0.3) is 0 Å². The van der Waals surface area contributed by atoms with Crippen LogP contribution in [0.5, 0.6) is 0 Å². The second-order valence-electron chi connectivity index (χ2n) is 8.45. The van der Waals surface area contributed by atoms with E-state index in [0.29, 0.717) is 29.0 Å². The molecule has 3 N–H and O–H groups in total. The van der Waals surface area contributed by atoms with Crippen molar-refractivity contribution in [3.8, 4) is 0 Å². The van der Waals surface area contributed by atoms with Gasteiger partial charge in [-0.05, 0) is 30.2 Å². The van der Waals surface area contributed by atoms with E-state index in [9.17, 15) is 9.50 Å². The van der Waals surface area contributed by atoms with E-state index in [2.05, 4.69) is 26.1 Å². The normalized spacial score (nSPS) is 32.2. The molecule has 0 heterocycles. The summed E-state index contributed by atoms with van der Waals surface area (Å²) in [5.74, 6) is 0.564. The lowest BCUT2D eigenvalue weighted by molar-refractivity contribution is -0.707. The molecule has 2 bridgehead atoms. The molecule has 0 saturated heterocycles. The van der Waals surface area contributed by atoms with Gasteiger partial charge in [0.15, 0.2) is 0 Å². The number of hydrogen-bond donors (Lipinski definition) is 2. The van der Waals surface area contributed by atoms with Gasteiger partial charge in [0.05, 0.1) is 19.3 Å². The van der Waals surface area contributed by atoms with Crippen molar-refractivity contribution in [3.05, 3.63) is 35.6 Å². The van der Waals surface area contributed by atoms with Crippen LogP contribution in [0.3, 0.4) is 0 Å². The van der Waals surface area contributed by atoms with E-state index in [1.807, 2.05) is 0 Å². The number of halogens is 1. The Morgan fingerprint density at radius 3 is 2.71 bits per heavy atom. The van der Waals surface area contributed by atoms with E-state index in [1.54, 1.807) is 18.2 Å². The molecule has 134 valence electrons. The molecule has 2 aliphatic rings. The lowest BCUT2D eigenvalue weighted by atomic mass is 9.69. The van der Waals surface area contributed by atoms with Crippen LogP contribution in [0.2, 0.25) is 0 Å². The van der Waals surface area contributed by atoms with Crippen molar-refractivity contribution < 1.29 is 19.6 Å². The van der Waals surface area contributed by atoms with Crippen molar-refractivity contribution >= 4 is 0 Å². The maximum atomic E-state index is 13.5. The first-order valence-electron chi connectivity index (χ1n) is 9.17. The van der Waals surface area contributed by atoms with Crippen LogP contribution in [-0.2, 0) is 11.3 Å². The molecule has 0 amide bonds. The second kappa shape index (κ2) is 6.74. The highest BCUT2D eigenvalue weighted by Gasteiger charge is 2.63. The number of aliphatic hydroxyl groups is 1. The van der Waals surface area contributed by atoms with Crippen molar-refractivity contribution in [2.24, 2.45) is 16.7 Å². The van der Waals surface area contributed by atoms with Gasteiger partial charge in [0, 0.05) is 17.4 Å². The SMILES string of the molecule is CC1(C)[C@@H]2CC[C@]1(C)[C@H]([NH2+]C[C@H](O)COCc1ccccc1F)C2. The van der Waals surface area contributed by atoms with Crippen LogP contribution >= 0.6 is 0 Å². The molecule has 24 heavy (non-hydrogen) atoms. The minimum atomic E-state index is -0.511. The first-order chi connectivity index (χ1) is 11.3. The number of nitrogens with two attached hydrogens (primary N) is 1. The van der Waals surface area contributed by atoms with E-state index < -0.39 is 6.10 Å². The van der Waals surface area contributed by atoms with Gasteiger partial charge in [-0.2, -0.15) is 0 Å². The van der Waals surface area contributed by atoms with Gasteiger partial charge in [-0.15, -0.1) is 0 Å². The Morgan fingerprint density at radius 2 is 2.08 bits per heavy atom. The summed E-state index contributed by atoms with van der Waals surface area (Å²) in [7, 11) is 0. The standard InChI is InChI=1S/C20H30FNO2/c1-19(2)15-8-9-20(19,3)18(10-15)22-11-16(23)13-24-12-14-6-4-5-7-17(14)21/h4-7,15-16,18,22-23H,8-13H2,1-3H3/p+1/t15-,16+,18-,20-/m1/s1. The van der Waals surface area contributed by atoms with Crippen LogP contribution in [0.1, 0.15) is 45.6 Å². The molecule has 4 atom stereocenters. The predicted octanol–water partition coefficient (Wildman–Crippen LogP) is 2.48. The quantitative estimate of drug-likeness (QED) is 0.803. The summed E-state index contributed by atoms with van der Waals surface area (Å²) in [5, 5.41) is 12.5. The molecular weight excluding hydrogens is 305 g/mol. The summed E-state index contributed by atoms with van der Waals surface area (Å²) in [4.78, 5) is 0. The number of hydrogen-bond acceptors (Lipinski definition) is 2. The Balaban J connectivity index is 1.42. The highest BCUT2D eigenvalue weighted by atomic mass is 19.1. The van der Waals surface area contributed by atoms with Gasteiger partial charge in [0.2, 0.25) is 0 Å². The number of rotatable bonds is 7. The van der Waals surface area contributed by atoms with Gasteiger partial charge in [-0.25, -0.2) is 4.39 Å². The summed E-state index contributed by atoms with van der Waals surface area (Å²) >= 11 is 0. The molecule has 4 heteroatoms. The van der Waals surface area contributed by atoms with Gasteiger partial charge < -0.3 is 15.2 Å². The van der Waals surface area contributed by atoms with Gasteiger partial charge >= 0.3 is 0 Å². The molecule has 3 rings (SSSR count). The first-order valence-corrected chi connectivity index (χ1v) is 9.17. The van der Waals surface area contributed by atoms with Crippen LogP contribution in [-0.4, -0.2) is 30.4 Å². The number of aliphatic hydroxyl groups excluding tert-OH is 1. The predicted molar refractivity (Wildman–Crippen MR) is 91.9 cm³/mol. The smallest absolute Gasteiger partial charge is 0.128 e. The number of ether oxygens (including phenoxy) is 1. The van der Waals surface area contributed by atoms with E-state index >= 15 is 0 Å². The van der Waals surface area contributed by atoms with Crippen LogP contribution in [0, 0.1) is 22.6 Å². The summed E-state index contributed by atoms with van der Waals surface area (Å²) in [6.45, 7) is 8.35. The Kier molecular flexibility index (Phi) is 5.01. The molecular formula is C20H31FNO2+. The summed E-state index contributed by atoms with van der Waals surface area (Å²) < 4.78 is 19.0. The number of fused-ring (bicyclic) bond motifs is 2. The molecule has 0 aliphatic heterocycles. The molecule has 1 aromatic carbocycles. The summed E-state index contributed by atoms with van der Waals surface area (Å²) in [6, 6.07) is 7.20. The molecule has 0 spiro atoms. The summed E-state index contributed by atoms with van der Waals surface area (Å²) in [6.07, 6.45) is 3.39. The molecule has 1 aromatic rings. The molecule has 2 saturated carbocycles. The van der Waals surface area contributed by atoms with Gasteiger partial charge in [-0.3, -0.25) is 0 Å². The third-order valence-electron chi connectivity index (χ3n) is 7.08. The zero-order chi connectivity index (χ0) is 17.4. The van der Waals surface area contributed by atoms with Crippen molar-refractivity contribution in [3.63, 3.8) is 0 Å². The van der Waals surface area contributed by atoms with Crippen molar-refractivity contribution in [2.45, 2.75) is 58.8 Å². The monoisotopic (exact) mass is 336 g/mol. The topological polar surface area (TPSA) is 46.1 Å². The lowest BCUT2D eigenvalue weighted by Crippen LogP contribution is -2.94. The van der Waals surface area contributed by atoms with Gasteiger partial charge in [0.1, 0.15) is 18.5 Å². The van der Waals surface area contributed by atoms with E-state index in [4.69, 9.17) is 4.74 Å². The average Bonchev–Trinajstić information content (AvgIpc) is 2.88. The first kappa shape index (κ1) is 17.8. The Morgan fingerprint density at radius 1 is 1.33 bits per heavy atom. The van der Waals surface area contributed by atoms with Crippen molar-refractivity contribution in [1.29, 1.82) is 0 Å². The molecule has 3 nitrogen and oxygen atoms in total. The number of quaternary nitrogens is 1. The van der Waals surface area contributed by atoms with Crippen molar-refractivity contribution in [2.75, 3.05) is 13.2 Å². The molecule has 0 radical (unpaired) electrons. The minimum absolute atomic E-state index is 0.208. The molecule has 0 unspecified atom stereocenters. The van der Waals surface area contributed by atoms with E-state index in [1.165, 1.54) is 25.3 Å². The van der Waals surface area contributed by atoms with Gasteiger partial charge in [0.25, 0.3) is 0 Å². The maximum Gasteiger partial charge on any atom is 0.128 e. The van der Waals surface area contributed by atoms with E-state index in [-0.39, 0.29) is 19.0 Å². The molecule has 2 aliphatic carbocycles. The van der Waals surface area contributed by atoms with Crippen LogP contribution < -0.4 is 5.32 Å². The zero-order valence-electron chi connectivity index (χ0n) is 15.1. The number of benzene rings is 1. The van der Waals surface area contributed by atoms with E-state index in [0.717, 1.165) is 5.92 Å². The average molecular weight is 336 g/mol. The fraction of sp³-hybridized carbons (Fsp3) is 0.700. The van der Waals surface area contributed by atoms with Crippen LogP contribution in [0.15, 0.2) is 24.3 Å². The second-order valence-corrected chi connectivity index (χ2v) is 8.45. The maximum absolute atomic E-state index is 13.5. The highest BCUT2D eigenvalue weighted by Crippen LogP contribution is 2.64. The Bertz CT molecular complexity index is 577. The van der Waals surface area contributed by atoms with Gasteiger partial charge in [-0.1, -0.05) is 39.0 Å². The lowest BCUT2D eigenvalue weighted by Gasteiger charge is -2.37. The molecule has 2 fully saturated rings. The molecule has 0 aromatic heterocycles. The third-order valence-corrected chi connectivity index (χ3v) is 7.08. The summed E-state index contributed by atoms with van der Waals surface area (Å²) in [5.41, 5.74) is 1.31. The fourth-order valence-electron chi connectivity index (χ4n) is 4.93. The fourth-order valence-corrected chi connectivity index (χ4v) is 4.93.